The molecule has 0 spiro atoms. The average molecular weight is 1210 g/mol. The molecule has 0 unspecified atom stereocenters. The van der Waals surface area contributed by atoms with Crippen molar-refractivity contribution in [1.29, 1.82) is 0 Å². The van der Waals surface area contributed by atoms with Crippen molar-refractivity contribution in [3.8, 4) is 0 Å². The highest BCUT2D eigenvalue weighted by molar-refractivity contribution is 5.99. The molecular weight excluding hydrogens is 1200 g/mol. The van der Waals surface area contributed by atoms with E-state index in [1.807, 2.05) is 0 Å². The van der Waals surface area contributed by atoms with Crippen molar-refractivity contribution < 1.29 is 186 Å². The minimum Gasteiger partial charge on any atom is -0.445 e. The predicted molar refractivity (Wildman–Crippen MR) is 160 cm³/mol. The number of esters is 1. The van der Waals surface area contributed by atoms with Crippen LogP contribution in [0.3, 0.4) is 0 Å². The standard InChI is InChI=1S/C31H10F37N3O5/c1-7-3-9(13(75)71-6-76-8(2)74)10(12(70-5-73)11(7)69-4-72)14(32,33)15(34,35)16(36,37)17(38,39)18(40,41)19(42,43)20(44,45)21(46,47)22(48,49)23(50,51)24(52,53)25(54,55)26(56,57)27(58,59)28(60,61)29(62,63)30(64,65)31(66,67)68/h3H,6H2,1-2H3,(H,71,75). The summed E-state index contributed by atoms with van der Waals surface area (Å²) in [4.78, 5) is 49.7. The number of aliphatic imine (C=N–C) groups is 2. The number of nitrogens with zero attached hydrogens (tertiary/aromatic N) is 2. The summed E-state index contributed by atoms with van der Waals surface area (Å²) >= 11 is 0. The SMILES string of the molecule is CC(=O)OCNC(=O)c1cc(C)c(N=C=O)c(N=C=O)c1C(F)(F)C(F)(F)C(F)(F)C(F)(F)C(F)(F)C(F)(F)C(F)(F)C(F)(F)C(F)(F)C(F)(F)C(F)(F)C(F)(F)C(F)(F)C(F)(F)C(F)(F)C(F)(F)C(F)(F)C(F)(F)F. The maximum Gasteiger partial charge on any atom is 0.460 e. The number of benzene rings is 1. The lowest BCUT2D eigenvalue weighted by Crippen LogP contribution is -2.80. The van der Waals surface area contributed by atoms with Gasteiger partial charge in [0.25, 0.3) is 5.91 Å². The number of ether oxygens (including phenoxy) is 1. The molecule has 1 amide bonds. The molecule has 45 heteroatoms. The van der Waals surface area contributed by atoms with Gasteiger partial charge in [-0.3, -0.25) is 9.59 Å². The van der Waals surface area contributed by atoms with Gasteiger partial charge in [-0.25, -0.2) is 9.59 Å². The maximum absolute atomic E-state index is 15.7. The Morgan fingerprint density at radius 3 is 0.895 bits per heavy atom. The summed E-state index contributed by atoms with van der Waals surface area (Å²) in [7, 11) is 0. The number of hydrogen-bond acceptors (Lipinski definition) is 7. The van der Waals surface area contributed by atoms with Crippen molar-refractivity contribution in [2.45, 2.75) is 121 Å². The van der Waals surface area contributed by atoms with Crippen LogP contribution in [0, 0.1) is 6.92 Å². The van der Waals surface area contributed by atoms with Crippen LogP contribution in [0.2, 0.25) is 0 Å². The molecule has 76 heavy (non-hydrogen) atoms. The molecule has 0 fully saturated rings. The van der Waals surface area contributed by atoms with E-state index in [-0.39, 0.29) is 12.2 Å². The van der Waals surface area contributed by atoms with Crippen LogP contribution in [0.5, 0.6) is 0 Å². The van der Waals surface area contributed by atoms with Crippen LogP contribution >= 0.6 is 0 Å². The number of nitrogens with one attached hydrogen (secondary N) is 1. The third kappa shape index (κ3) is 8.64. The Kier molecular flexibility index (Phi) is 16.9. The molecule has 0 saturated carbocycles. The Morgan fingerprint density at radius 1 is 0.421 bits per heavy atom. The summed E-state index contributed by atoms with van der Waals surface area (Å²) in [5.41, 5.74) is -12.3. The van der Waals surface area contributed by atoms with Crippen molar-refractivity contribution in [3.05, 3.63) is 22.8 Å². The molecule has 8 nitrogen and oxygen atoms in total. The minimum atomic E-state index is -10.6. The highest BCUT2D eigenvalue weighted by Crippen LogP contribution is 2.71. The van der Waals surface area contributed by atoms with Gasteiger partial charge in [0.2, 0.25) is 12.2 Å². The third-order valence-electron chi connectivity index (χ3n) is 9.51. The highest BCUT2D eigenvalue weighted by Gasteiger charge is 3.02. The van der Waals surface area contributed by atoms with E-state index in [4.69, 9.17) is 0 Å². The van der Waals surface area contributed by atoms with Crippen LogP contribution in [0.25, 0.3) is 0 Å². The lowest BCUT2D eigenvalue weighted by molar-refractivity contribution is -0.493. The van der Waals surface area contributed by atoms with Crippen LogP contribution in [-0.4, -0.2) is 132 Å². The van der Waals surface area contributed by atoms with Gasteiger partial charge in [0.1, 0.15) is 11.4 Å². The number of alkyl halides is 37. The lowest BCUT2D eigenvalue weighted by atomic mass is 9.81. The number of isocyanates is 2. The first-order chi connectivity index (χ1) is 32.9. The summed E-state index contributed by atoms with van der Waals surface area (Å²) in [6, 6.07) is -0.472. The molecular formula is C31H10F37N3O5. The molecule has 0 saturated heterocycles. The maximum atomic E-state index is 15.7. The van der Waals surface area contributed by atoms with Gasteiger partial charge in [0.15, 0.2) is 6.73 Å². The molecule has 0 aliphatic rings. The predicted octanol–water partition coefficient (Wildman–Crippen LogP) is 13.0. The fourth-order valence-corrected chi connectivity index (χ4v) is 5.22. The average Bonchev–Trinajstić information content (AvgIpc) is 3.22. The van der Waals surface area contributed by atoms with E-state index in [0.717, 1.165) is 5.32 Å². The largest absolute Gasteiger partial charge is 0.460 e. The number of carbonyl (C=O) groups excluding carboxylic acids is 4. The fourth-order valence-electron chi connectivity index (χ4n) is 5.22. The lowest BCUT2D eigenvalue weighted by Gasteiger charge is -2.47. The van der Waals surface area contributed by atoms with Gasteiger partial charge in [-0.05, 0) is 18.6 Å². The Balaban J connectivity index is 4.36. The van der Waals surface area contributed by atoms with Crippen LogP contribution in [0.4, 0.5) is 174 Å². The van der Waals surface area contributed by atoms with Gasteiger partial charge in [0.05, 0.1) is 11.1 Å². The van der Waals surface area contributed by atoms with Crippen molar-refractivity contribution in [2.24, 2.45) is 9.98 Å². The second-order valence-corrected chi connectivity index (χ2v) is 14.3. The monoisotopic (exact) mass is 1210 g/mol. The van der Waals surface area contributed by atoms with Crippen LogP contribution in [0.15, 0.2) is 16.1 Å². The third-order valence-corrected chi connectivity index (χ3v) is 9.51. The Labute approximate surface area is 388 Å². The molecule has 1 rings (SSSR count). The van der Waals surface area contributed by atoms with Gasteiger partial charge in [0, 0.05) is 6.92 Å². The van der Waals surface area contributed by atoms with Crippen molar-refractivity contribution >= 4 is 35.4 Å². The van der Waals surface area contributed by atoms with Crippen molar-refractivity contribution in [1.82, 2.24) is 5.32 Å². The number of aryl methyl sites for hydroxylation is 1. The molecule has 0 aliphatic carbocycles. The second-order valence-electron chi connectivity index (χ2n) is 14.3. The number of carbonyl (C=O) groups is 2. The van der Waals surface area contributed by atoms with Crippen molar-refractivity contribution in [3.63, 3.8) is 0 Å². The topological polar surface area (TPSA) is 114 Å². The summed E-state index contributed by atoms with van der Waals surface area (Å²) in [5, 5.41) is 1.05. The van der Waals surface area contributed by atoms with Crippen LogP contribution in [0.1, 0.15) is 28.4 Å². The van der Waals surface area contributed by atoms with Crippen molar-refractivity contribution in [2.75, 3.05) is 6.73 Å². The summed E-state index contributed by atoms with van der Waals surface area (Å²) in [6.07, 6.45) is -8.22. The van der Waals surface area contributed by atoms with Gasteiger partial charge in [-0.15, -0.1) is 0 Å². The summed E-state index contributed by atoms with van der Waals surface area (Å²) < 4.78 is 528. The second kappa shape index (κ2) is 18.8. The van der Waals surface area contributed by atoms with Gasteiger partial charge < -0.3 is 10.1 Å². The van der Waals surface area contributed by atoms with Gasteiger partial charge in [-0.2, -0.15) is 172 Å². The fraction of sp³-hybridized carbons (Fsp3) is 0.677. The zero-order chi connectivity index (χ0) is 61.7. The summed E-state index contributed by atoms with van der Waals surface area (Å²) in [5.74, 6) is -174. The Hall–Kier alpha value is -5.67. The summed E-state index contributed by atoms with van der Waals surface area (Å²) in [6.45, 7) is -0.934. The first-order valence-electron chi connectivity index (χ1n) is 17.1. The quantitative estimate of drug-likeness (QED) is 0.0408. The van der Waals surface area contributed by atoms with Gasteiger partial charge in [-0.1, -0.05) is 0 Å². The smallest absolute Gasteiger partial charge is 0.445 e. The first-order valence-corrected chi connectivity index (χ1v) is 17.1. The minimum absolute atomic E-state index is 0.0234. The van der Waals surface area contributed by atoms with E-state index in [1.54, 1.807) is 0 Å². The Bertz CT molecular complexity index is 2500. The molecule has 1 N–H and O–H groups in total. The van der Waals surface area contributed by atoms with E-state index in [9.17, 15) is 164 Å². The van der Waals surface area contributed by atoms with E-state index in [1.165, 1.54) is 0 Å². The Morgan fingerprint density at radius 2 is 0.658 bits per heavy atom. The molecule has 0 heterocycles. The molecule has 1 aromatic carbocycles. The van der Waals surface area contributed by atoms with E-state index in [0.29, 0.717) is 13.8 Å². The highest BCUT2D eigenvalue weighted by atomic mass is 19.4. The molecule has 0 aliphatic heterocycles. The van der Waals surface area contributed by atoms with Crippen LogP contribution in [-0.2, 0) is 25.0 Å². The number of hydrogen-bond donors (Lipinski definition) is 1. The first kappa shape index (κ1) is 68.3. The number of amides is 1. The van der Waals surface area contributed by atoms with E-state index >= 15 is 17.6 Å². The molecule has 0 bridgehead atoms. The molecule has 0 radical (unpaired) electrons. The van der Waals surface area contributed by atoms with Gasteiger partial charge >= 0.3 is 113 Å². The van der Waals surface area contributed by atoms with Crippen LogP contribution < -0.4 is 5.32 Å². The molecule has 0 atom stereocenters. The van der Waals surface area contributed by atoms with E-state index < -0.39 is 160 Å². The molecule has 0 aromatic heterocycles. The molecule has 438 valence electrons. The molecule has 1 aromatic rings. The number of halogens is 37. The number of rotatable bonds is 22. The zero-order valence-electron chi connectivity index (χ0n) is 34.2. The van der Waals surface area contributed by atoms with E-state index in [2.05, 4.69) is 14.7 Å². The zero-order valence-corrected chi connectivity index (χ0v) is 34.2. The normalized spacial score (nSPS) is 15.5.